The first-order valence-electron chi connectivity index (χ1n) is 3.56. The summed E-state index contributed by atoms with van der Waals surface area (Å²) in [5.41, 5.74) is 6.59. The molecule has 0 aliphatic carbocycles. The normalized spacial score (nSPS) is 10.5. The number of anilines is 1. The molecule has 1 aromatic rings. The third-order valence-corrected chi connectivity index (χ3v) is 1.82. The van der Waals surface area contributed by atoms with E-state index in [1.807, 2.05) is 0 Å². The molecule has 0 aromatic heterocycles. The van der Waals surface area contributed by atoms with E-state index in [4.69, 9.17) is 22.4 Å². The molecular formula is C9H8ClNO2. The first kappa shape index (κ1) is 9.61. The highest BCUT2D eigenvalue weighted by Crippen LogP contribution is 2.23. The number of halogens is 1. The average molecular weight is 198 g/mol. The number of para-hydroxylation sites is 1. The van der Waals surface area contributed by atoms with E-state index in [-0.39, 0.29) is 0 Å². The molecule has 0 saturated carbocycles. The number of carboxylic acids is 1. The second-order valence-corrected chi connectivity index (χ2v) is 2.82. The van der Waals surface area contributed by atoms with Gasteiger partial charge in [-0.25, -0.2) is 4.79 Å². The number of hydrogen-bond acceptors (Lipinski definition) is 2. The van der Waals surface area contributed by atoms with Crippen LogP contribution in [0, 0.1) is 0 Å². The van der Waals surface area contributed by atoms with Crippen molar-refractivity contribution in [1.82, 2.24) is 0 Å². The Balaban J connectivity index is 3.02. The highest BCUT2D eigenvalue weighted by atomic mass is 35.5. The van der Waals surface area contributed by atoms with Gasteiger partial charge in [0.2, 0.25) is 0 Å². The van der Waals surface area contributed by atoms with Crippen LogP contribution in [0.5, 0.6) is 0 Å². The molecule has 0 radical (unpaired) electrons. The minimum absolute atomic E-state index is 0.390. The summed E-state index contributed by atoms with van der Waals surface area (Å²) in [5, 5.41) is 8.80. The number of nitrogens with two attached hydrogens (primary N) is 1. The number of aliphatic carboxylic acids is 1. The summed E-state index contributed by atoms with van der Waals surface area (Å²) < 4.78 is 0. The first-order valence-corrected chi connectivity index (χ1v) is 3.94. The van der Waals surface area contributed by atoms with Gasteiger partial charge in [-0.2, -0.15) is 0 Å². The Morgan fingerprint density at radius 1 is 1.54 bits per heavy atom. The Hall–Kier alpha value is -1.48. The molecule has 4 heteroatoms. The fourth-order valence-electron chi connectivity index (χ4n) is 0.860. The van der Waals surface area contributed by atoms with Crippen molar-refractivity contribution < 1.29 is 9.90 Å². The highest BCUT2D eigenvalue weighted by molar-refractivity contribution is 6.33. The van der Waals surface area contributed by atoms with E-state index < -0.39 is 5.97 Å². The van der Waals surface area contributed by atoms with E-state index in [9.17, 15) is 4.79 Å². The molecule has 0 atom stereocenters. The second-order valence-electron chi connectivity index (χ2n) is 2.41. The van der Waals surface area contributed by atoms with Crippen LogP contribution >= 0.6 is 11.6 Å². The zero-order valence-electron chi connectivity index (χ0n) is 6.70. The fraction of sp³-hybridized carbons (Fsp3) is 0. The van der Waals surface area contributed by atoms with Gasteiger partial charge >= 0.3 is 5.97 Å². The largest absolute Gasteiger partial charge is 0.478 e. The van der Waals surface area contributed by atoms with Gasteiger partial charge < -0.3 is 10.8 Å². The van der Waals surface area contributed by atoms with Crippen molar-refractivity contribution in [3.63, 3.8) is 0 Å². The molecule has 0 aliphatic rings. The fourth-order valence-corrected chi connectivity index (χ4v) is 1.04. The van der Waals surface area contributed by atoms with Crippen LogP contribution in [0.3, 0.4) is 0 Å². The van der Waals surface area contributed by atoms with Crippen molar-refractivity contribution in [2.24, 2.45) is 0 Å². The van der Waals surface area contributed by atoms with Gasteiger partial charge in [0.05, 0.1) is 10.7 Å². The van der Waals surface area contributed by atoms with Gasteiger partial charge in [-0.1, -0.05) is 23.7 Å². The van der Waals surface area contributed by atoms with Crippen LogP contribution in [0.1, 0.15) is 5.56 Å². The molecule has 0 spiro atoms. The Kier molecular flexibility index (Phi) is 2.93. The quantitative estimate of drug-likeness (QED) is 0.563. The lowest BCUT2D eigenvalue weighted by Gasteiger charge is -2.00. The summed E-state index contributed by atoms with van der Waals surface area (Å²) >= 11 is 5.72. The topological polar surface area (TPSA) is 63.3 Å². The number of rotatable bonds is 2. The van der Waals surface area contributed by atoms with Crippen LogP contribution in [0.15, 0.2) is 24.3 Å². The molecular weight excluding hydrogens is 190 g/mol. The van der Waals surface area contributed by atoms with Crippen LogP contribution in [-0.4, -0.2) is 11.1 Å². The summed E-state index contributed by atoms with van der Waals surface area (Å²) in [6.45, 7) is 0. The van der Waals surface area contributed by atoms with Crippen molar-refractivity contribution in [2.45, 2.75) is 0 Å². The predicted octanol–water partition coefficient (Wildman–Crippen LogP) is 2.02. The Morgan fingerprint density at radius 2 is 2.23 bits per heavy atom. The summed E-state index contributed by atoms with van der Waals surface area (Å²) in [5.74, 6) is -1.01. The summed E-state index contributed by atoms with van der Waals surface area (Å²) in [4.78, 5) is 10.2. The zero-order chi connectivity index (χ0) is 9.84. The monoisotopic (exact) mass is 197 g/mol. The van der Waals surface area contributed by atoms with E-state index in [1.165, 1.54) is 6.08 Å². The van der Waals surface area contributed by atoms with E-state index in [2.05, 4.69) is 0 Å². The van der Waals surface area contributed by atoms with Crippen molar-refractivity contribution in [2.75, 3.05) is 5.73 Å². The molecule has 0 bridgehead atoms. The first-order chi connectivity index (χ1) is 6.11. The molecule has 0 heterocycles. The molecule has 0 amide bonds. The van der Waals surface area contributed by atoms with E-state index in [1.54, 1.807) is 18.2 Å². The van der Waals surface area contributed by atoms with Gasteiger partial charge in [0.25, 0.3) is 0 Å². The average Bonchev–Trinajstić information content (AvgIpc) is 2.07. The Morgan fingerprint density at radius 3 is 2.85 bits per heavy atom. The molecule has 0 fully saturated rings. The van der Waals surface area contributed by atoms with Crippen LogP contribution < -0.4 is 5.73 Å². The number of nitrogen functional groups attached to an aromatic ring is 1. The van der Waals surface area contributed by atoms with Gasteiger partial charge in [-0.3, -0.25) is 0 Å². The minimum atomic E-state index is -1.01. The molecule has 1 rings (SSSR count). The van der Waals surface area contributed by atoms with E-state index in [0.717, 1.165) is 6.08 Å². The third kappa shape index (κ3) is 2.49. The van der Waals surface area contributed by atoms with E-state index in [0.29, 0.717) is 16.3 Å². The molecule has 0 unspecified atom stereocenters. The number of carbonyl (C=O) groups is 1. The van der Waals surface area contributed by atoms with Crippen molar-refractivity contribution >= 4 is 29.3 Å². The lowest BCUT2D eigenvalue weighted by Crippen LogP contribution is -1.91. The zero-order valence-corrected chi connectivity index (χ0v) is 7.45. The van der Waals surface area contributed by atoms with Gasteiger partial charge in [0, 0.05) is 6.08 Å². The van der Waals surface area contributed by atoms with Crippen LogP contribution in [0.25, 0.3) is 6.08 Å². The van der Waals surface area contributed by atoms with Gasteiger partial charge in [-0.05, 0) is 17.7 Å². The second kappa shape index (κ2) is 3.96. The summed E-state index contributed by atoms with van der Waals surface area (Å²) in [6.07, 6.45) is 2.42. The Labute approximate surface area is 80.4 Å². The maximum atomic E-state index is 10.2. The lowest BCUT2D eigenvalue weighted by molar-refractivity contribution is -0.131. The smallest absolute Gasteiger partial charge is 0.328 e. The van der Waals surface area contributed by atoms with Crippen LogP contribution in [0.2, 0.25) is 5.02 Å². The number of carboxylic acid groups (broad SMARTS) is 1. The van der Waals surface area contributed by atoms with Gasteiger partial charge in [0.1, 0.15) is 0 Å². The van der Waals surface area contributed by atoms with Crippen molar-refractivity contribution in [1.29, 1.82) is 0 Å². The van der Waals surface area contributed by atoms with Crippen molar-refractivity contribution in [3.05, 3.63) is 34.9 Å². The third-order valence-electron chi connectivity index (χ3n) is 1.49. The maximum Gasteiger partial charge on any atom is 0.328 e. The molecule has 1 aromatic carbocycles. The minimum Gasteiger partial charge on any atom is -0.478 e. The van der Waals surface area contributed by atoms with Gasteiger partial charge in [-0.15, -0.1) is 0 Å². The van der Waals surface area contributed by atoms with Crippen LogP contribution in [-0.2, 0) is 4.79 Å². The van der Waals surface area contributed by atoms with Gasteiger partial charge in [0.15, 0.2) is 0 Å². The summed E-state index contributed by atoms with van der Waals surface area (Å²) in [6, 6.07) is 5.05. The van der Waals surface area contributed by atoms with Crippen LogP contribution in [0.4, 0.5) is 5.69 Å². The SMILES string of the molecule is Nc1c(Cl)cccc1/C=C/C(=O)O. The predicted molar refractivity (Wildman–Crippen MR) is 52.5 cm³/mol. The molecule has 3 nitrogen and oxygen atoms in total. The van der Waals surface area contributed by atoms with E-state index >= 15 is 0 Å². The standard InChI is InChI=1S/C9H8ClNO2/c10-7-3-1-2-6(9(7)11)4-5-8(12)13/h1-5H,11H2,(H,12,13)/b5-4+. The molecule has 3 N–H and O–H groups in total. The highest BCUT2D eigenvalue weighted by Gasteiger charge is 1.99. The van der Waals surface area contributed by atoms with Crippen molar-refractivity contribution in [3.8, 4) is 0 Å². The maximum absolute atomic E-state index is 10.2. The summed E-state index contributed by atoms with van der Waals surface area (Å²) in [7, 11) is 0. The number of benzene rings is 1. The Bertz CT molecular complexity index is 361. The molecule has 0 saturated heterocycles. The lowest BCUT2D eigenvalue weighted by atomic mass is 10.1. The molecule has 68 valence electrons. The molecule has 0 aliphatic heterocycles. The molecule has 13 heavy (non-hydrogen) atoms. The number of hydrogen-bond donors (Lipinski definition) is 2.